The number of ether oxygens (including phenoxy) is 2. The zero-order valence-electron chi connectivity index (χ0n) is 18.0. The topological polar surface area (TPSA) is 84.9 Å². The van der Waals surface area contributed by atoms with Crippen molar-refractivity contribution in [2.45, 2.75) is 17.9 Å². The Balaban J connectivity index is 1.70. The summed E-state index contributed by atoms with van der Waals surface area (Å²) in [6.45, 7) is 1.52. The third kappa shape index (κ3) is 4.98. The molecule has 3 aromatic rings. The summed E-state index contributed by atoms with van der Waals surface area (Å²) in [5.41, 5.74) is 0.811. The molecule has 1 N–H and O–H groups in total. The molecule has 0 unspecified atom stereocenters. The van der Waals surface area contributed by atoms with Crippen LogP contribution in [-0.4, -0.2) is 46.4 Å². The molecule has 0 saturated carbocycles. The lowest BCUT2D eigenvalue weighted by atomic mass is 10.1. The van der Waals surface area contributed by atoms with Crippen LogP contribution in [0.4, 0.5) is 0 Å². The molecule has 0 heterocycles. The number of carbonyl (C=O) groups excluding carboxylic acids is 1. The van der Waals surface area contributed by atoms with Crippen molar-refractivity contribution in [1.82, 2.24) is 9.62 Å². The number of rotatable bonds is 8. The number of amides is 1. The minimum Gasteiger partial charge on any atom is -0.493 e. The van der Waals surface area contributed by atoms with Gasteiger partial charge in [-0.05, 0) is 47.5 Å². The molecule has 0 bridgehead atoms. The van der Waals surface area contributed by atoms with E-state index in [9.17, 15) is 13.2 Å². The van der Waals surface area contributed by atoms with Crippen LogP contribution >= 0.6 is 0 Å². The summed E-state index contributed by atoms with van der Waals surface area (Å²) < 4.78 is 37.4. The average Bonchev–Trinajstić information content (AvgIpc) is 2.77. The van der Waals surface area contributed by atoms with Crippen LogP contribution in [0.15, 0.2) is 65.6 Å². The van der Waals surface area contributed by atoms with Gasteiger partial charge in [-0.2, -0.15) is 4.31 Å². The van der Waals surface area contributed by atoms with Crippen molar-refractivity contribution in [1.29, 1.82) is 0 Å². The van der Waals surface area contributed by atoms with Gasteiger partial charge in [0.15, 0.2) is 11.5 Å². The zero-order chi connectivity index (χ0) is 22.6. The maximum absolute atomic E-state index is 12.9. The second kappa shape index (κ2) is 9.36. The highest BCUT2D eigenvalue weighted by atomic mass is 32.2. The maximum Gasteiger partial charge on any atom is 0.243 e. The Morgan fingerprint density at radius 2 is 1.65 bits per heavy atom. The van der Waals surface area contributed by atoms with Crippen molar-refractivity contribution < 1.29 is 22.7 Å². The molecule has 8 heteroatoms. The van der Waals surface area contributed by atoms with Crippen LogP contribution < -0.4 is 14.8 Å². The fourth-order valence-corrected chi connectivity index (χ4v) is 4.45. The molecule has 1 amide bonds. The number of hydrogen-bond acceptors (Lipinski definition) is 5. The third-order valence-electron chi connectivity index (χ3n) is 5.08. The van der Waals surface area contributed by atoms with E-state index in [4.69, 9.17) is 9.47 Å². The van der Waals surface area contributed by atoms with E-state index >= 15 is 0 Å². The fraction of sp³-hybridized carbons (Fsp3) is 0.261. The first-order valence-electron chi connectivity index (χ1n) is 9.72. The molecule has 0 aromatic heterocycles. The summed E-state index contributed by atoms with van der Waals surface area (Å²) in [6, 6.07) is 17.5. The normalized spacial score (nSPS) is 12.5. The maximum atomic E-state index is 12.9. The molecule has 0 radical (unpaired) electrons. The first-order chi connectivity index (χ1) is 14.8. The Hall–Kier alpha value is -3.10. The first-order valence-corrected chi connectivity index (χ1v) is 11.2. The fourth-order valence-electron chi connectivity index (χ4n) is 3.29. The Morgan fingerprint density at radius 1 is 0.968 bits per heavy atom. The highest BCUT2D eigenvalue weighted by Gasteiger charge is 2.24. The lowest BCUT2D eigenvalue weighted by Crippen LogP contribution is -2.39. The highest BCUT2D eigenvalue weighted by Crippen LogP contribution is 2.30. The minimum absolute atomic E-state index is 0.148. The molecule has 0 fully saturated rings. The van der Waals surface area contributed by atoms with Crippen molar-refractivity contribution in [3.05, 3.63) is 66.2 Å². The summed E-state index contributed by atoms with van der Waals surface area (Å²) in [7, 11) is 0.674. The summed E-state index contributed by atoms with van der Waals surface area (Å²) in [4.78, 5) is 12.7. The molecule has 31 heavy (non-hydrogen) atoms. The van der Waals surface area contributed by atoms with Gasteiger partial charge in [-0.25, -0.2) is 8.42 Å². The number of methoxy groups -OCH3 is 2. The van der Waals surface area contributed by atoms with Gasteiger partial charge in [0.05, 0.1) is 31.7 Å². The van der Waals surface area contributed by atoms with Crippen LogP contribution in [0.5, 0.6) is 11.5 Å². The Kier molecular flexibility index (Phi) is 6.82. The number of sulfonamides is 1. The van der Waals surface area contributed by atoms with E-state index in [0.717, 1.165) is 20.6 Å². The summed E-state index contributed by atoms with van der Waals surface area (Å²) in [5, 5.41) is 4.60. The molecular formula is C23H26N2O5S. The van der Waals surface area contributed by atoms with Crippen LogP contribution in [-0.2, 0) is 14.8 Å². The van der Waals surface area contributed by atoms with Gasteiger partial charge in [0.1, 0.15) is 0 Å². The van der Waals surface area contributed by atoms with Crippen molar-refractivity contribution >= 4 is 26.7 Å². The molecule has 0 aliphatic rings. The zero-order valence-corrected chi connectivity index (χ0v) is 18.8. The molecule has 1 atom stereocenters. The lowest BCUT2D eigenvalue weighted by Gasteiger charge is -2.20. The Bertz CT molecular complexity index is 1190. The van der Waals surface area contributed by atoms with E-state index < -0.39 is 15.9 Å². The molecule has 7 nitrogen and oxygen atoms in total. The number of likely N-dealkylation sites (N-methyl/N-ethyl adjacent to an activating group) is 1. The van der Waals surface area contributed by atoms with Gasteiger partial charge in [0.2, 0.25) is 15.9 Å². The molecule has 3 aromatic carbocycles. The van der Waals surface area contributed by atoms with Crippen LogP contribution in [0.25, 0.3) is 10.8 Å². The van der Waals surface area contributed by atoms with Crippen molar-refractivity contribution in [3.8, 4) is 11.5 Å². The van der Waals surface area contributed by atoms with E-state index in [1.54, 1.807) is 37.4 Å². The van der Waals surface area contributed by atoms with Crippen LogP contribution in [0.1, 0.15) is 18.5 Å². The van der Waals surface area contributed by atoms with Crippen LogP contribution in [0, 0.1) is 0 Å². The molecule has 0 spiro atoms. The Morgan fingerprint density at radius 3 is 2.32 bits per heavy atom. The van der Waals surface area contributed by atoms with Crippen LogP contribution in [0.2, 0.25) is 0 Å². The van der Waals surface area contributed by atoms with E-state index in [0.29, 0.717) is 11.5 Å². The number of nitrogens with one attached hydrogen (secondary N) is 1. The number of carbonyl (C=O) groups is 1. The van der Waals surface area contributed by atoms with Crippen molar-refractivity contribution in [2.75, 3.05) is 27.8 Å². The van der Waals surface area contributed by atoms with Crippen molar-refractivity contribution in [3.63, 3.8) is 0 Å². The first kappa shape index (κ1) is 22.6. The largest absolute Gasteiger partial charge is 0.493 e. The quantitative estimate of drug-likeness (QED) is 0.578. The molecular weight excluding hydrogens is 416 g/mol. The molecule has 0 aliphatic carbocycles. The van der Waals surface area contributed by atoms with E-state index in [1.807, 2.05) is 37.3 Å². The molecule has 0 aliphatic heterocycles. The van der Waals surface area contributed by atoms with E-state index in [2.05, 4.69) is 5.32 Å². The van der Waals surface area contributed by atoms with E-state index in [-0.39, 0.29) is 17.5 Å². The predicted octanol–water partition coefficient (Wildman–Crippen LogP) is 3.35. The van der Waals surface area contributed by atoms with Gasteiger partial charge in [0.25, 0.3) is 0 Å². The Labute approximate surface area is 182 Å². The number of benzene rings is 3. The number of hydrogen-bond donors (Lipinski definition) is 1. The lowest BCUT2D eigenvalue weighted by molar-refractivity contribution is -0.121. The monoisotopic (exact) mass is 442 g/mol. The van der Waals surface area contributed by atoms with E-state index in [1.165, 1.54) is 14.2 Å². The standard InChI is InChI=1S/C23H26N2O5S/c1-16(18-10-12-21(29-3)22(14-18)30-4)24-23(26)15-25(2)31(27,28)20-11-9-17-7-5-6-8-19(17)13-20/h5-14,16H,15H2,1-4H3,(H,24,26)/t16-/m0/s1. The summed E-state index contributed by atoms with van der Waals surface area (Å²) in [6.07, 6.45) is 0. The highest BCUT2D eigenvalue weighted by molar-refractivity contribution is 7.89. The molecule has 0 saturated heterocycles. The third-order valence-corrected chi connectivity index (χ3v) is 6.88. The second-order valence-corrected chi connectivity index (χ2v) is 9.22. The molecule has 164 valence electrons. The van der Waals surface area contributed by atoms with Gasteiger partial charge in [-0.3, -0.25) is 4.79 Å². The van der Waals surface area contributed by atoms with Gasteiger partial charge >= 0.3 is 0 Å². The van der Waals surface area contributed by atoms with Crippen molar-refractivity contribution in [2.24, 2.45) is 0 Å². The van der Waals surface area contributed by atoms with Crippen LogP contribution in [0.3, 0.4) is 0 Å². The summed E-state index contributed by atoms with van der Waals surface area (Å²) >= 11 is 0. The van der Waals surface area contributed by atoms with Gasteiger partial charge < -0.3 is 14.8 Å². The number of nitrogens with zero attached hydrogens (tertiary/aromatic N) is 1. The molecule has 3 rings (SSSR count). The van der Waals surface area contributed by atoms with Gasteiger partial charge in [0, 0.05) is 7.05 Å². The minimum atomic E-state index is -3.81. The number of fused-ring (bicyclic) bond motifs is 1. The predicted molar refractivity (Wildman–Crippen MR) is 120 cm³/mol. The average molecular weight is 443 g/mol. The SMILES string of the molecule is COc1ccc([C@H](C)NC(=O)CN(C)S(=O)(=O)c2ccc3ccccc3c2)cc1OC. The smallest absolute Gasteiger partial charge is 0.243 e. The van der Waals surface area contributed by atoms with Gasteiger partial charge in [-0.1, -0.05) is 36.4 Å². The summed E-state index contributed by atoms with van der Waals surface area (Å²) in [5.74, 6) is 0.734. The van der Waals surface area contributed by atoms with Gasteiger partial charge in [-0.15, -0.1) is 0 Å². The second-order valence-electron chi connectivity index (χ2n) is 7.17.